The van der Waals surface area contributed by atoms with Crippen LogP contribution in [0.15, 0.2) is 0 Å². The van der Waals surface area contributed by atoms with Crippen molar-refractivity contribution in [2.75, 3.05) is 20.1 Å². The molecule has 12 heavy (non-hydrogen) atoms. The Morgan fingerprint density at radius 2 is 1.83 bits per heavy atom. The van der Waals surface area contributed by atoms with E-state index in [4.69, 9.17) is 0 Å². The summed E-state index contributed by atoms with van der Waals surface area (Å²) in [5.41, 5.74) is 0. The van der Waals surface area contributed by atoms with Crippen LogP contribution in [0, 0.1) is 5.92 Å². The van der Waals surface area contributed by atoms with Crippen molar-refractivity contribution in [3.63, 3.8) is 0 Å². The minimum atomic E-state index is 0.640. The van der Waals surface area contributed by atoms with Gasteiger partial charge in [-0.3, -0.25) is 0 Å². The topological polar surface area (TPSA) is 3.24 Å². The lowest BCUT2D eigenvalue weighted by molar-refractivity contribution is 0.212. The summed E-state index contributed by atoms with van der Waals surface area (Å²) >= 11 is 0. The molecule has 0 saturated carbocycles. The monoisotopic (exact) mass is 167 g/mol. The van der Waals surface area contributed by atoms with Gasteiger partial charge in [-0.1, -0.05) is 25.6 Å². The molecule has 1 saturated heterocycles. The molecule has 0 unspecified atom stereocenters. The fourth-order valence-corrected chi connectivity index (χ4v) is 2.35. The van der Waals surface area contributed by atoms with Gasteiger partial charge in [0.1, 0.15) is 7.85 Å². The Hall–Kier alpha value is 0.0249. The van der Waals surface area contributed by atoms with E-state index in [0.29, 0.717) is 5.31 Å². The van der Waals surface area contributed by atoms with Crippen molar-refractivity contribution < 1.29 is 0 Å². The number of rotatable bonds is 2. The van der Waals surface area contributed by atoms with E-state index >= 15 is 0 Å². The summed E-state index contributed by atoms with van der Waals surface area (Å²) in [7, 11) is 4.69. The lowest BCUT2D eigenvalue weighted by Crippen LogP contribution is -2.34. The summed E-state index contributed by atoms with van der Waals surface area (Å²) in [5, 5.41) is 0.640. The Balaban J connectivity index is 2.39. The van der Waals surface area contributed by atoms with Crippen molar-refractivity contribution in [2.24, 2.45) is 5.92 Å². The van der Waals surface area contributed by atoms with Gasteiger partial charge in [-0.25, -0.2) is 0 Å². The fourth-order valence-electron chi connectivity index (χ4n) is 2.35. The highest BCUT2D eigenvalue weighted by atomic mass is 15.1. The van der Waals surface area contributed by atoms with Crippen molar-refractivity contribution in [1.29, 1.82) is 0 Å². The molecule has 0 spiro atoms. The third-order valence-corrected chi connectivity index (χ3v) is 3.10. The van der Waals surface area contributed by atoms with Crippen LogP contribution in [0.1, 0.15) is 33.1 Å². The van der Waals surface area contributed by atoms with Gasteiger partial charge in [0.25, 0.3) is 0 Å². The Kier molecular flexibility index (Phi) is 3.22. The predicted octanol–water partition coefficient (Wildman–Crippen LogP) is 1.55. The lowest BCUT2D eigenvalue weighted by atomic mass is 9.59. The van der Waals surface area contributed by atoms with Gasteiger partial charge in [0.2, 0.25) is 0 Å². The number of nitrogens with zero attached hydrogens (tertiary/aromatic N) is 1. The number of likely N-dealkylation sites (tertiary alicyclic amines) is 1. The molecule has 0 aromatic rings. The lowest BCUT2D eigenvalue weighted by Gasteiger charge is -2.39. The van der Waals surface area contributed by atoms with E-state index in [1.54, 1.807) is 0 Å². The normalized spacial score (nSPS) is 24.7. The summed E-state index contributed by atoms with van der Waals surface area (Å²) in [5.74, 6) is 0.860. The van der Waals surface area contributed by atoms with Gasteiger partial charge in [-0.2, -0.15) is 0 Å². The van der Waals surface area contributed by atoms with Crippen LogP contribution in [0.2, 0.25) is 5.31 Å². The molecule has 1 nitrogen and oxygen atoms in total. The number of hydrogen-bond donors (Lipinski definition) is 0. The highest BCUT2D eigenvalue weighted by Crippen LogP contribution is 2.40. The van der Waals surface area contributed by atoms with Crippen LogP contribution < -0.4 is 0 Å². The van der Waals surface area contributed by atoms with Crippen LogP contribution >= 0.6 is 0 Å². The molecular formula is C10H22BN. The Bertz CT molecular complexity index is 137. The summed E-state index contributed by atoms with van der Waals surface area (Å²) in [4.78, 5) is 2.45. The molecular weight excluding hydrogens is 145 g/mol. The SMILES string of the molecule is BC1(CC(C)C)CCN(C)CC1. The fraction of sp³-hybridized carbons (Fsp3) is 1.00. The van der Waals surface area contributed by atoms with E-state index in [1.165, 1.54) is 32.4 Å². The molecule has 0 atom stereocenters. The van der Waals surface area contributed by atoms with Gasteiger partial charge < -0.3 is 4.90 Å². The molecule has 1 rings (SSSR count). The van der Waals surface area contributed by atoms with E-state index in [2.05, 4.69) is 33.6 Å². The van der Waals surface area contributed by atoms with Gasteiger partial charge in [0, 0.05) is 0 Å². The van der Waals surface area contributed by atoms with E-state index in [-0.39, 0.29) is 0 Å². The minimum absolute atomic E-state index is 0.640. The van der Waals surface area contributed by atoms with Crippen molar-refractivity contribution in [3.05, 3.63) is 0 Å². The standard InChI is InChI=1S/C10H22BN/c1-9(2)8-10(11)4-6-12(3)7-5-10/h9H,4-8,11H2,1-3H3. The summed E-state index contributed by atoms with van der Waals surface area (Å²) in [6.45, 7) is 7.26. The molecule has 2 heteroatoms. The van der Waals surface area contributed by atoms with Gasteiger partial charge in [-0.15, -0.1) is 0 Å². The minimum Gasteiger partial charge on any atom is -0.306 e. The third-order valence-electron chi connectivity index (χ3n) is 3.10. The number of hydrogen-bond acceptors (Lipinski definition) is 1. The zero-order chi connectivity index (χ0) is 9.19. The maximum absolute atomic E-state index is 2.46. The van der Waals surface area contributed by atoms with Crippen molar-refractivity contribution in [1.82, 2.24) is 4.90 Å². The molecule has 0 radical (unpaired) electrons. The van der Waals surface area contributed by atoms with Crippen LogP contribution in [0.3, 0.4) is 0 Å². The Morgan fingerprint density at radius 1 is 1.33 bits per heavy atom. The quantitative estimate of drug-likeness (QED) is 0.564. The molecule has 1 aliphatic rings. The van der Waals surface area contributed by atoms with Gasteiger partial charge in [0.05, 0.1) is 0 Å². The van der Waals surface area contributed by atoms with Crippen LogP contribution in [0.4, 0.5) is 0 Å². The first kappa shape index (κ1) is 10.1. The molecule has 0 aliphatic carbocycles. The smallest absolute Gasteiger partial charge is 0.109 e. The van der Waals surface area contributed by atoms with Crippen LogP contribution in [-0.4, -0.2) is 32.9 Å². The predicted molar refractivity (Wildman–Crippen MR) is 57.4 cm³/mol. The van der Waals surface area contributed by atoms with Crippen molar-refractivity contribution in [3.8, 4) is 0 Å². The van der Waals surface area contributed by atoms with E-state index in [0.717, 1.165) is 5.92 Å². The molecule has 70 valence electrons. The van der Waals surface area contributed by atoms with Gasteiger partial charge in [-0.05, 0) is 38.9 Å². The zero-order valence-electron chi connectivity index (χ0n) is 9.06. The second-order valence-electron chi connectivity index (χ2n) is 5.21. The van der Waals surface area contributed by atoms with Crippen molar-refractivity contribution >= 4 is 7.85 Å². The first-order valence-corrected chi connectivity index (χ1v) is 5.20. The van der Waals surface area contributed by atoms with E-state index in [1.807, 2.05) is 0 Å². The third kappa shape index (κ3) is 2.82. The second-order valence-corrected chi connectivity index (χ2v) is 5.21. The Labute approximate surface area is 77.9 Å². The first-order chi connectivity index (χ1) is 5.52. The van der Waals surface area contributed by atoms with E-state index < -0.39 is 0 Å². The van der Waals surface area contributed by atoms with Crippen LogP contribution in [0.5, 0.6) is 0 Å². The van der Waals surface area contributed by atoms with Crippen molar-refractivity contribution in [2.45, 2.75) is 38.4 Å². The van der Waals surface area contributed by atoms with Crippen LogP contribution in [0.25, 0.3) is 0 Å². The Morgan fingerprint density at radius 3 is 2.25 bits per heavy atom. The number of piperidine rings is 1. The molecule has 0 aromatic carbocycles. The zero-order valence-corrected chi connectivity index (χ0v) is 9.06. The van der Waals surface area contributed by atoms with Crippen LogP contribution in [-0.2, 0) is 0 Å². The maximum atomic E-state index is 2.46. The summed E-state index contributed by atoms with van der Waals surface area (Å²) in [6, 6.07) is 0. The highest BCUT2D eigenvalue weighted by Gasteiger charge is 2.28. The van der Waals surface area contributed by atoms with Gasteiger partial charge >= 0.3 is 0 Å². The average molecular weight is 167 g/mol. The molecule has 1 heterocycles. The maximum Gasteiger partial charge on any atom is 0.109 e. The largest absolute Gasteiger partial charge is 0.306 e. The molecule has 0 aromatic heterocycles. The summed E-state index contributed by atoms with van der Waals surface area (Å²) in [6.07, 6.45) is 4.18. The van der Waals surface area contributed by atoms with E-state index in [9.17, 15) is 0 Å². The summed E-state index contributed by atoms with van der Waals surface area (Å²) < 4.78 is 0. The second kappa shape index (κ2) is 3.82. The van der Waals surface area contributed by atoms with Gasteiger partial charge in [0.15, 0.2) is 0 Å². The molecule has 1 fully saturated rings. The molecule has 1 aliphatic heterocycles. The molecule has 0 amide bonds. The highest BCUT2D eigenvalue weighted by molar-refractivity contribution is 6.15. The molecule has 0 bridgehead atoms. The molecule has 0 N–H and O–H groups in total. The average Bonchev–Trinajstić information content (AvgIpc) is 1.94. The first-order valence-electron chi connectivity index (χ1n) is 5.20.